The van der Waals surface area contributed by atoms with Crippen molar-refractivity contribution in [3.8, 4) is 0 Å². The quantitative estimate of drug-likeness (QED) is 0.779. The van der Waals surface area contributed by atoms with Crippen molar-refractivity contribution in [2.24, 2.45) is 0 Å². The number of carbonyl (C=O) groups excluding carboxylic acids is 1. The molecule has 8 nitrogen and oxygen atoms in total. The van der Waals surface area contributed by atoms with Crippen LogP contribution in [0.5, 0.6) is 0 Å². The Bertz CT molecular complexity index is 774. The highest BCUT2D eigenvalue weighted by Gasteiger charge is 2.35. The van der Waals surface area contributed by atoms with Crippen LogP contribution in [0.25, 0.3) is 0 Å². The third-order valence-electron chi connectivity index (χ3n) is 4.50. The summed E-state index contributed by atoms with van der Waals surface area (Å²) in [5, 5.41) is 3.97. The summed E-state index contributed by atoms with van der Waals surface area (Å²) in [6.07, 6.45) is 3.51. The molecule has 140 valence electrons. The number of likely N-dealkylation sites (tertiary alicyclic amines) is 1. The molecule has 8 heteroatoms. The van der Waals surface area contributed by atoms with E-state index in [1.807, 2.05) is 20.2 Å². The summed E-state index contributed by atoms with van der Waals surface area (Å²) in [6.45, 7) is 3.47. The highest BCUT2D eigenvalue weighted by Crippen LogP contribution is 2.32. The molecular formula is C18H25N5O3. The van der Waals surface area contributed by atoms with Crippen LogP contribution >= 0.6 is 0 Å². The molecule has 0 spiro atoms. The van der Waals surface area contributed by atoms with Gasteiger partial charge in [-0.25, -0.2) is 9.97 Å². The van der Waals surface area contributed by atoms with E-state index in [-0.39, 0.29) is 11.9 Å². The van der Waals surface area contributed by atoms with Crippen LogP contribution in [-0.4, -0.2) is 58.6 Å². The molecule has 2 aromatic rings. The summed E-state index contributed by atoms with van der Waals surface area (Å²) in [6, 6.07) is 1.76. The Balaban J connectivity index is 1.85. The topological polar surface area (TPSA) is 84.6 Å². The van der Waals surface area contributed by atoms with E-state index in [0.717, 1.165) is 25.1 Å². The van der Waals surface area contributed by atoms with E-state index < -0.39 is 0 Å². The minimum Gasteiger partial charge on any atom is -0.380 e. The summed E-state index contributed by atoms with van der Waals surface area (Å²) < 4.78 is 10.4. The van der Waals surface area contributed by atoms with Crippen LogP contribution in [0.4, 0.5) is 0 Å². The summed E-state index contributed by atoms with van der Waals surface area (Å²) in [7, 11) is 5.58. The fourth-order valence-electron chi connectivity index (χ4n) is 3.27. The number of carbonyl (C=O) groups is 1. The monoisotopic (exact) mass is 359 g/mol. The molecule has 1 aliphatic heterocycles. The van der Waals surface area contributed by atoms with Gasteiger partial charge in [0.05, 0.1) is 23.9 Å². The second-order valence-corrected chi connectivity index (χ2v) is 6.80. The minimum atomic E-state index is -0.155. The summed E-state index contributed by atoms with van der Waals surface area (Å²) in [5.41, 5.74) is 1.96. The smallest absolute Gasteiger partial charge is 0.277 e. The Kier molecular flexibility index (Phi) is 5.63. The van der Waals surface area contributed by atoms with Crippen LogP contribution in [0.1, 0.15) is 52.2 Å². The van der Waals surface area contributed by atoms with Gasteiger partial charge in [-0.05, 0) is 39.9 Å². The van der Waals surface area contributed by atoms with E-state index in [4.69, 9.17) is 9.26 Å². The van der Waals surface area contributed by atoms with Crippen molar-refractivity contribution >= 4 is 5.91 Å². The maximum atomic E-state index is 13.1. The third kappa shape index (κ3) is 3.76. The van der Waals surface area contributed by atoms with Crippen LogP contribution in [0, 0.1) is 6.92 Å². The zero-order valence-electron chi connectivity index (χ0n) is 15.7. The Morgan fingerprint density at radius 3 is 3.00 bits per heavy atom. The normalized spacial score (nSPS) is 17.3. The molecule has 0 bridgehead atoms. The van der Waals surface area contributed by atoms with Gasteiger partial charge >= 0.3 is 0 Å². The third-order valence-corrected chi connectivity index (χ3v) is 4.50. The van der Waals surface area contributed by atoms with Crippen LogP contribution in [-0.2, 0) is 17.9 Å². The van der Waals surface area contributed by atoms with Gasteiger partial charge in [0.1, 0.15) is 5.76 Å². The van der Waals surface area contributed by atoms with Gasteiger partial charge in [0.2, 0.25) is 0 Å². The number of hydrogen-bond donors (Lipinski definition) is 0. The Hall–Kier alpha value is -2.32. The Morgan fingerprint density at radius 1 is 1.46 bits per heavy atom. The average Bonchev–Trinajstić information content (AvgIpc) is 3.22. The number of methoxy groups -OCH3 is 1. The van der Waals surface area contributed by atoms with Crippen molar-refractivity contribution in [3.05, 3.63) is 40.8 Å². The zero-order valence-corrected chi connectivity index (χ0v) is 15.7. The number of aromatic nitrogens is 3. The van der Waals surface area contributed by atoms with Crippen molar-refractivity contribution < 1.29 is 14.1 Å². The number of amides is 1. The standard InChI is InChI=1S/C18H25N5O3/c1-12-14(11-25-4)16(21-26-12)18(24)23-9-5-6-15(23)17-19-8-7-13(20-17)10-22(2)3/h7-8,15H,5-6,9-11H2,1-4H3/t15-/m1/s1. The fraction of sp³-hybridized carbons (Fsp3) is 0.556. The van der Waals surface area contributed by atoms with Crippen LogP contribution < -0.4 is 0 Å². The molecule has 0 unspecified atom stereocenters. The van der Waals surface area contributed by atoms with E-state index in [1.54, 1.807) is 25.1 Å². The van der Waals surface area contributed by atoms with Gasteiger partial charge in [0.25, 0.3) is 5.91 Å². The average molecular weight is 359 g/mol. The number of ether oxygens (including phenoxy) is 1. The SMILES string of the molecule is COCc1c(C(=O)N2CCC[C@@H]2c2nccc(CN(C)C)n2)noc1C. The van der Waals surface area contributed by atoms with E-state index in [1.165, 1.54) is 0 Å². The molecule has 26 heavy (non-hydrogen) atoms. The first-order valence-electron chi connectivity index (χ1n) is 8.73. The largest absolute Gasteiger partial charge is 0.380 e. The number of aryl methyl sites for hydroxylation is 1. The molecule has 2 aromatic heterocycles. The molecule has 0 radical (unpaired) electrons. The van der Waals surface area contributed by atoms with E-state index in [2.05, 4.69) is 20.0 Å². The lowest BCUT2D eigenvalue weighted by molar-refractivity contribution is 0.0714. The maximum Gasteiger partial charge on any atom is 0.277 e. The molecule has 1 aliphatic rings. The molecule has 0 N–H and O–H groups in total. The van der Waals surface area contributed by atoms with Crippen LogP contribution in [0.3, 0.4) is 0 Å². The molecule has 1 fully saturated rings. The van der Waals surface area contributed by atoms with Crippen molar-refractivity contribution in [1.82, 2.24) is 24.9 Å². The first kappa shape index (κ1) is 18.5. The van der Waals surface area contributed by atoms with Gasteiger partial charge in [-0.3, -0.25) is 4.79 Å². The highest BCUT2D eigenvalue weighted by molar-refractivity contribution is 5.94. The summed E-state index contributed by atoms with van der Waals surface area (Å²) in [5.74, 6) is 1.14. The van der Waals surface area contributed by atoms with Gasteiger partial charge in [-0.15, -0.1) is 0 Å². The van der Waals surface area contributed by atoms with E-state index in [9.17, 15) is 4.79 Å². The van der Waals surface area contributed by atoms with E-state index in [0.29, 0.717) is 36.0 Å². The van der Waals surface area contributed by atoms with Crippen molar-refractivity contribution in [3.63, 3.8) is 0 Å². The molecule has 0 aromatic carbocycles. The van der Waals surface area contributed by atoms with Gasteiger partial charge in [0, 0.05) is 26.4 Å². The minimum absolute atomic E-state index is 0.142. The fourth-order valence-corrected chi connectivity index (χ4v) is 3.27. The summed E-state index contributed by atoms with van der Waals surface area (Å²) >= 11 is 0. The first-order valence-corrected chi connectivity index (χ1v) is 8.73. The second kappa shape index (κ2) is 7.92. The lowest BCUT2D eigenvalue weighted by Crippen LogP contribution is -2.32. The molecule has 0 saturated carbocycles. The maximum absolute atomic E-state index is 13.1. The first-order chi connectivity index (χ1) is 12.5. The van der Waals surface area contributed by atoms with Crippen molar-refractivity contribution in [2.45, 2.75) is 39.0 Å². The van der Waals surface area contributed by atoms with Gasteiger partial charge in [-0.2, -0.15) is 0 Å². The molecule has 1 amide bonds. The predicted molar refractivity (Wildman–Crippen MR) is 94.4 cm³/mol. The van der Waals surface area contributed by atoms with Crippen LogP contribution in [0.15, 0.2) is 16.8 Å². The van der Waals surface area contributed by atoms with Gasteiger partial charge in [-0.1, -0.05) is 5.16 Å². The number of nitrogens with zero attached hydrogens (tertiary/aromatic N) is 5. The summed E-state index contributed by atoms with van der Waals surface area (Å²) in [4.78, 5) is 26.0. The lowest BCUT2D eigenvalue weighted by atomic mass is 10.1. The van der Waals surface area contributed by atoms with Crippen molar-refractivity contribution in [1.29, 1.82) is 0 Å². The lowest BCUT2D eigenvalue weighted by Gasteiger charge is -2.23. The van der Waals surface area contributed by atoms with Crippen molar-refractivity contribution in [2.75, 3.05) is 27.7 Å². The Morgan fingerprint density at radius 2 is 2.27 bits per heavy atom. The highest BCUT2D eigenvalue weighted by atomic mass is 16.5. The number of hydrogen-bond acceptors (Lipinski definition) is 7. The second-order valence-electron chi connectivity index (χ2n) is 6.80. The zero-order chi connectivity index (χ0) is 18.7. The van der Waals surface area contributed by atoms with Crippen LogP contribution in [0.2, 0.25) is 0 Å². The molecule has 3 heterocycles. The van der Waals surface area contributed by atoms with Gasteiger partial charge < -0.3 is 19.1 Å². The van der Waals surface area contributed by atoms with Gasteiger partial charge in [0.15, 0.2) is 11.5 Å². The number of rotatable bonds is 6. The molecular weight excluding hydrogens is 334 g/mol. The predicted octanol–water partition coefficient (Wildman–Crippen LogP) is 1.96. The molecule has 1 atom stereocenters. The molecule has 1 saturated heterocycles. The van der Waals surface area contributed by atoms with E-state index >= 15 is 0 Å². The molecule has 3 rings (SSSR count). The Labute approximate surface area is 153 Å². The molecule has 0 aliphatic carbocycles.